The predicted molar refractivity (Wildman–Crippen MR) is 64.3 cm³/mol. The molecule has 0 unspecified atom stereocenters. The second-order valence-corrected chi connectivity index (χ2v) is 5.41. The molecule has 1 aromatic rings. The second-order valence-electron chi connectivity index (χ2n) is 5.41. The summed E-state index contributed by atoms with van der Waals surface area (Å²) in [5, 5.41) is 0. The molecule has 2 rings (SSSR count). The van der Waals surface area contributed by atoms with Crippen molar-refractivity contribution in [2.45, 2.75) is 58.3 Å². The number of rotatable bonds is 3. The van der Waals surface area contributed by atoms with Crippen molar-refractivity contribution in [1.29, 1.82) is 0 Å². The van der Waals surface area contributed by atoms with Crippen LogP contribution in [-0.2, 0) is 0 Å². The Morgan fingerprint density at radius 1 is 1.19 bits per heavy atom. The van der Waals surface area contributed by atoms with E-state index in [1.165, 1.54) is 12.8 Å². The van der Waals surface area contributed by atoms with Crippen LogP contribution in [0.3, 0.4) is 0 Å². The number of pyridine rings is 1. The molecule has 0 spiro atoms. The van der Waals surface area contributed by atoms with Crippen molar-refractivity contribution in [2.24, 2.45) is 0 Å². The molecule has 0 atom stereocenters. The summed E-state index contributed by atoms with van der Waals surface area (Å²) >= 11 is 0. The lowest BCUT2D eigenvalue weighted by molar-refractivity contribution is 0.574. The third kappa shape index (κ3) is 2.11. The van der Waals surface area contributed by atoms with E-state index in [9.17, 15) is 4.39 Å². The highest BCUT2D eigenvalue weighted by Crippen LogP contribution is 2.43. The van der Waals surface area contributed by atoms with Crippen LogP contribution >= 0.6 is 0 Å². The lowest BCUT2D eigenvalue weighted by Gasteiger charge is -2.15. The standard InChI is InChI=1S/C14H20FN/c1-8(2)11-7-12(15)13(9(3)4)16-14(11)10-5-6-10/h7-10H,5-6H2,1-4H3. The van der Waals surface area contributed by atoms with E-state index < -0.39 is 0 Å². The van der Waals surface area contributed by atoms with Gasteiger partial charge in [-0.25, -0.2) is 4.39 Å². The zero-order valence-electron chi connectivity index (χ0n) is 10.5. The van der Waals surface area contributed by atoms with E-state index in [4.69, 9.17) is 0 Å². The largest absolute Gasteiger partial charge is 0.254 e. The minimum absolute atomic E-state index is 0.136. The summed E-state index contributed by atoms with van der Waals surface area (Å²) in [6, 6.07) is 1.71. The number of halogens is 1. The molecule has 1 heterocycles. The molecule has 1 aliphatic rings. The Labute approximate surface area is 97.1 Å². The van der Waals surface area contributed by atoms with Crippen LogP contribution in [-0.4, -0.2) is 4.98 Å². The van der Waals surface area contributed by atoms with Gasteiger partial charge in [-0.2, -0.15) is 0 Å². The first-order valence-corrected chi connectivity index (χ1v) is 6.21. The molecule has 0 saturated heterocycles. The van der Waals surface area contributed by atoms with Gasteiger partial charge in [0.1, 0.15) is 5.82 Å². The van der Waals surface area contributed by atoms with Crippen LogP contribution in [0.25, 0.3) is 0 Å². The normalized spacial score (nSPS) is 16.2. The minimum Gasteiger partial charge on any atom is -0.254 e. The van der Waals surface area contributed by atoms with Crippen LogP contribution in [0.2, 0.25) is 0 Å². The third-order valence-corrected chi connectivity index (χ3v) is 3.20. The van der Waals surface area contributed by atoms with Gasteiger partial charge in [-0.1, -0.05) is 27.7 Å². The molecular weight excluding hydrogens is 201 g/mol. The highest BCUT2D eigenvalue weighted by Gasteiger charge is 2.29. The summed E-state index contributed by atoms with van der Waals surface area (Å²) in [6.07, 6.45) is 2.44. The molecule has 16 heavy (non-hydrogen) atoms. The van der Waals surface area contributed by atoms with E-state index in [2.05, 4.69) is 18.8 Å². The molecule has 0 N–H and O–H groups in total. The molecular formula is C14H20FN. The molecule has 0 aliphatic heterocycles. The molecule has 0 radical (unpaired) electrons. The van der Waals surface area contributed by atoms with Crippen LogP contribution in [0.5, 0.6) is 0 Å². The van der Waals surface area contributed by atoms with E-state index >= 15 is 0 Å². The Kier molecular flexibility index (Phi) is 3.00. The minimum atomic E-state index is -0.136. The molecule has 0 bridgehead atoms. The maximum absolute atomic E-state index is 13.9. The van der Waals surface area contributed by atoms with E-state index in [1.807, 2.05) is 13.8 Å². The van der Waals surface area contributed by atoms with Crippen molar-refractivity contribution in [3.63, 3.8) is 0 Å². The molecule has 2 heteroatoms. The summed E-state index contributed by atoms with van der Waals surface area (Å²) < 4.78 is 13.9. The fraction of sp³-hybridized carbons (Fsp3) is 0.643. The molecule has 0 amide bonds. The Morgan fingerprint density at radius 3 is 2.25 bits per heavy atom. The zero-order chi connectivity index (χ0) is 11.9. The average Bonchev–Trinajstić information content (AvgIpc) is 3.00. The number of nitrogens with zero attached hydrogens (tertiary/aromatic N) is 1. The summed E-state index contributed by atoms with van der Waals surface area (Å²) in [6.45, 7) is 8.21. The first kappa shape index (κ1) is 11.6. The molecule has 1 fully saturated rings. The van der Waals surface area contributed by atoms with Crippen LogP contribution < -0.4 is 0 Å². The topological polar surface area (TPSA) is 12.9 Å². The fourth-order valence-corrected chi connectivity index (χ4v) is 2.08. The van der Waals surface area contributed by atoms with Gasteiger partial charge in [0, 0.05) is 11.6 Å². The van der Waals surface area contributed by atoms with E-state index in [0.717, 1.165) is 11.3 Å². The Bertz CT molecular complexity index is 392. The van der Waals surface area contributed by atoms with E-state index in [1.54, 1.807) is 6.07 Å². The Balaban J connectivity index is 2.50. The molecule has 1 aliphatic carbocycles. The van der Waals surface area contributed by atoms with Gasteiger partial charge in [0.25, 0.3) is 0 Å². The smallest absolute Gasteiger partial charge is 0.145 e. The third-order valence-electron chi connectivity index (χ3n) is 3.20. The van der Waals surface area contributed by atoms with Gasteiger partial charge in [0.15, 0.2) is 0 Å². The molecule has 1 aromatic heterocycles. The Morgan fingerprint density at radius 2 is 1.81 bits per heavy atom. The summed E-state index contributed by atoms with van der Waals surface area (Å²) in [5.41, 5.74) is 2.88. The first-order valence-electron chi connectivity index (χ1n) is 6.21. The lowest BCUT2D eigenvalue weighted by atomic mass is 9.96. The molecule has 88 valence electrons. The van der Waals surface area contributed by atoms with Gasteiger partial charge < -0.3 is 0 Å². The average molecular weight is 221 g/mol. The predicted octanol–water partition coefficient (Wildman–Crippen LogP) is 4.34. The number of aromatic nitrogens is 1. The number of hydrogen-bond acceptors (Lipinski definition) is 1. The SMILES string of the molecule is CC(C)c1cc(F)c(C(C)C)nc1C1CC1. The van der Waals surface area contributed by atoms with Gasteiger partial charge >= 0.3 is 0 Å². The summed E-state index contributed by atoms with van der Waals surface area (Å²) in [7, 11) is 0. The number of hydrogen-bond donors (Lipinski definition) is 0. The highest BCUT2D eigenvalue weighted by molar-refractivity contribution is 5.33. The Hall–Kier alpha value is -0.920. The maximum atomic E-state index is 13.9. The van der Waals surface area contributed by atoms with Crippen molar-refractivity contribution in [1.82, 2.24) is 4.98 Å². The van der Waals surface area contributed by atoms with Crippen molar-refractivity contribution < 1.29 is 4.39 Å². The van der Waals surface area contributed by atoms with Crippen LogP contribution in [0.4, 0.5) is 4.39 Å². The second kappa shape index (κ2) is 4.15. The summed E-state index contributed by atoms with van der Waals surface area (Å²) in [5.74, 6) is 0.983. The van der Waals surface area contributed by atoms with E-state index in [0.29, 0.717) is 17.5 Å². The molecule has 1 saturated carbocycles. The van der Waals surface area contributed by atoms with E-state index in [-0.39, 0.29) is 11.7 Å². The zero-order valence-corrected chi connectivity index (χ0v) is 10.5. The quantitative estimate of drug-likeness (QED) is 0.739. The van der Waals surface area contributed by atoms with Crippen molar-refractivity contribution in [2.75, 3.05) is 0 Å². The summed E-state index contributed by atoms with van der Waals surface area (Å²) in [4.78, 5) is 4.58. The van der Waals surface area contributed by atoms with Gasteiger partial charge in [-0.15, -0.1) is 0 Å². The van der Waals surface area contributed by atoms with Crippen molar-refractivity contribution >= 4 is 0 Å². The highest BCUT2D eigenvalue weighted by atomic mass is 19.1. The van der Waals surface area contributed by atoms with Gasteiger partial charge in [-0.05, 0) is 36.3 Å². The van der Waals surface area contributed by atoms with Crippen LogP contribution in [0, 0.1) is 5.82 Å². The van der Waals surface area contributed by atoms with Crippen LogP contribution in [0.1, 0.15) is 75.2 Å². The van der Waals surface area contributed by atoms with Crippen molar-refractivity contribution in [3.05, 3.63) is 28.8 Å². The van der Waals surface area contributed by atoms with Gasteiger partial charge in [0.05, 0.1) is 5.69 Å². The van der Waals surface area contributed by atoms with Crippen molar-refractivity contribution in [3.8, 4) is 0 Å². The van der Waals surface area contributed by atoms with Gasteiger partial charge in [-0.3, -0.25) is 4.98 Å². The van der Waals surface area contributed by atoms with Crippen LogP contribution in [0.15, 0.2) is 6.07 Å². The monoisotopic (exact) mass is 221 g/mol. The fourth-order valence-electron chi connectivity index (χ4n) is 2.08. The molecule has 1 nitrogen and oxygen atoms in total. The first-order chi connectivity index (χ1) is 7.50. The van der Waals surface area contributed by atoms with Gasteiger partial charge in [0.2, 0.25) is 0 Å². The maximum Gasteiger partial charge on any atom is 0.145 e. The molecule has 0 aromatic carbocycles. The lowest BCUT2D eigenvalue weighted by Crippen LogP contribution is -2.06.